The molecular weight excluding hydrogens is 252 g/mol. The highest BCUT2D eigenvalue weighted by molar-refractivity contribution is 9.49. The zero-order chi connectivity index (χ0) is 9.64. The van der Waals surface area contributed by atoms with Crippen LogP contribution in [-0.2, 0) is 18.9 Å². The van der Waals surface area contributed by atoms with Gasteiger partial charge in [0.05, 0.1) is 12.2 Å². The van der Waals surface area contributed by atoms with Crippen molar-refractivity contribution in [3.8, 4) is 0 Å². The average molecular weight is 264 g/mol. The Morgan fingerprint density at radius 2 is 2.23 bits per heavy atom. The van der Waals surface area contributed by atoms with Crippen LogP contribution in [0.25, 0.3) is 0 Å². The Bertz CT molecular complexity index is 296. The van der Waals surface area contributed by atoms with Crippen molar-refractivity contribution in [3.63, 3.8) is 0 Å². The second-order valence-corrected chi connectivity index (χ2v) is 7.96. The van der Waals surface area contributed by atoms with Crippen LogP contribution < -0.4 is 0 Å². The Balaban J connectivity index is 2.31. The first-order valence-electron chi connectivity index (χ1n) is 4.26. The van der Waals surface area contributed by atoms with Gasteiger partial charge in [-0.3, -0.25) is 4.79 Å². The largest absolute Gasteiger partial charge is 0.455 e. The normalized spacial score (nSPS) is 31.6. The molecule has 1 atom stereocenters. The number of rotatable bonds is 0. The maximum Gasteiger partial charge on any atom is 0.327 e. The quantitative estimate of drug-likeness (QED) is 0.627. The molecule has 0 N–H and O–H groups in total. The molecule has 0 aromatic carbocycles. The Morgan fingerprint density at radius 3 is 2.92 bits per heavy atom. The molecule has 0 saturated heterocycles. The molecule has 2 heterocycles. The lowest BCUT2D eigenvalue weighted by atomic mass is 9.84. The van der Waals surface area contributed by atoms with Crippen LogP contribution in [0.5, 0.6) is 0 Å². The van der Waals surface area contributed by atoms with Gasteiger partial charge < -0.3 is 4.74 Å². The van der Waals surface area contributed by atoms with Crippen molar-refractivity contribution in [2.75, 3.05) is 12.4 Å². The lowest BCUT2D eigenvalue weighted by Gasteiger charge is -2.27. The van der Waals surface area contributed by atoms with Crippen molar-refractivity contribution < 1.29 is 9.53 Å². The van der Waals surface area contributed by atoms with Crippen LogP contribution in [0.2, 0.25) is 0 Å². The third-order valence-corrected chi connectivity index (χ3v) is 5.14. The number of carbonyl (C=O) groups excluding carboxylic acids is 1. The highest BCUT2D eigenvalue weighted by Crippen LogP contribution is 2.41. The van der Waals surface area contributed by atoms with E-state index in [2.05, 4.69) is 28.7 Å². The summed E-state index contributed by atoms with van der Waals surface area (Å²) in [5.41, 5.74) is 1.05. The molecule has 0 aromatic heterocycles. The molecular formula is C9H12BrO2S+. The molecule has 0 radical (unpaired) electrons. The summed E-state index contributed by atoms with van der Waals surface area (Å²) in [6.45, 7) is 5.00. The molecule has 13 heavy (non-hydrogen) atoms. The van der Waals surface area contributed by atoms with E-state index in [1.165, 1.54) is 0 Å². The van der Waals surface area contributed by atoms with Crippen molar-refractivity contribution >= 4 is 29.9 Å². The summed E-state index contributed by atoms with van der Waals surface area (Å²) < 4.78 is 5.62. The van der Waals surface area contributed by atoms with Crippen molar-refractivity contribution in [2.45, 2.75) is 20.3 Å². The predicted octanol–water partition coefficient (Wildman–Crippen LogP) is 2.16. The van der Waals surface area contributed by atoms with E-state index in [1.54, 1.807) is 0 Å². The van der Waals surface area contributed by atoms with E-state index < -0.39 is 0 Å². The lowest BCUT2D eigenvalue weighted by Crippen LogP contribution is -2.26. The average Bonchev–Trinajstić information content (AvgIpc) is 2.26. The Kier molecular flexibility index (Phi) is 2.23. The van der Waals surface area contributed by atoms with Gasteiger partial charge in [-0.1, -0.05) is 13.8 Å². The summed E-state index contributed by atoms with van der Waals surface area (Å²) in [5.74, 6) is 0.865. The van der Waals surface area contributed by atoms with Gasteiger partial charge in [0.15, 0.2) is 5.75 Å². The molecule has 0 spiro atoms. The molecule has 0 saturated carbocycles. The molecule has 2 nitrogen and oxygen atoms in total. The molecule has 2 aliphatic rings. The smallest absolute Gasteiger partial charge is 0.327 e. The van der Waals surface area contributed by atoms with E-state index in [9.17, 15) is 4.79 Å². The van der Waals surface area contributed by atoms with E-state index in [1.807, 2.05) is 0 Å². The van der Waals surface area contributed by atoms with Gasteiger partial charge in [-0.15, -0.1) is 0 Å². The predicted molar refractivity (Wildman–Crippen MR) is 57.5 cm³/mol. The number of carbonyl (C=O) groups is 1. The Labute approximate surface area is 88.3 Å². The molecule has 2 aliphatic heterocycles. The van der Waals surface area contributed by atoms with Gasteiger partial charge in [0.1, 0.15) is 9.33 Å². The zero-order valence-corrected chi connectivity index (χ0v) is 10.1. The summed E-state index contributed by atoms with van der Waals surface area (Å²) in [7, 11) is -0.132. The molecule has 0 aromatic rings. The number of hydrogen-bond donors (Lipinski definition) is 0. The highest BCUT2D eigenvalue weighted by atomic mass is 79.9. The Morgan fingerprint density at radius 1 is 1.54 bits per heavy atom. The van der Waals surface area contributed by atoms with Crippen LogP contribution in [0.4, 0.5) is 0 Å². The van der Waals surface area contributed by atoms with Gasteiger partial charge >= 0.3 is 5.09 Å². The molecule has 0 fully saturated rings. The lowest BCUT2D eigenvalue weighted by molar-refractivity contribution is -0.113. The fourth-order valence-electron chi connectivity index (χ4n) is 1.63. The highest BCUT2D eigenvalue weighted by Gasteiger charge is 2.47. The van der Waals surface area contributed by atoms with Crippen LogP contribution in [0.3, 0.4) is 0 Å². The number of hydrogen-bond acceptors (Lipinski definition) is 2. The summed E-state index contributed by atoms with van der Waals surface area (Å²) in [5, 5.41) is 0.921. The van der Waals surface area contributed by atoms with E-state index >= 15 is 0 Å². The van der Waals surface area contributed by atoms with E-state index in [0.717, 1.165) is 23.7 Å². The molecule has 0 aliphatic carbocycles. The molecule has 0 amide bonds. The van der Waals surface area contributed by atoms with Crippen molar-refractivity contribution in [3.05, 3.63) is 10.7 Å². The molecule has 1 unspecified atom stereocenters. The van der Waals surface area contributed by atoms with E-state index in [4.69, 9.17) is 4.74 Å². The summed E-state index contributed by atoms with van der Waals surface area (Å²) >= 11 is 3.48. The minimum atomic E-state index is -0.132. The zero-order valence-electron chi connectivity index (χ0n) is 7.72. The van der Waals surface area contributed by atoms with Gasteiger partial charge in [-0.05, 0) is 6.42 Å². The van der Waals surface area contributed by atoms with Crippen LogP contribution in [-0.4, -0.2) is 18.1 Å². The number of ether oxygens (including phenoxy) is 1. The first-order valence-corrected chi connectivity index (χ1v) is 7.49. The number of halogens is 1. The van der Waals surface area contributed by atoms with Crippen LogP contribution >= 0.6 is 14.8 Å². The molecule has 4 heteroatoms. The number of Topliss-reactive ketones (excluding diaryl/α,β-unsaturated/α-hetero) is 1. The molecule has 2 rings (SSSR count). The van der Waals surface area contributed by atoms with Crippen molar-refractivity contribution in [2.24, 2.45) is 5.41 Å². The van der Waals surface area contributed by atoms with E-state index in [-0.39, 0.29) is 20.5 Å². The third kappa shape index (κ3) is 1.66. The minimum absolute atomic E-state index is 0.121. The van der Waals surface area contributed by atoms with Crippen LogP contribution in [0.1, 0.15) is 20.3 Å². The first kappa shape index (κ1) is 9.59. The number of ketones is 1. The third-order valence-electron chi connectivity index (χ3n) is 2.29. The molecule has 72 valence electrons. The van der Waals surface area contributed by atoms with Gasteiger partial charge in [-0.2, -0.15) is 0 Å². The maximum absolute atomic E-state index is 11.5. The monoisotopic (exact) mass is 263 g/mol. The minimum Gasteiger partial charge on any atom is -0.455 e. The van der Waals surface area contributed by atoms with Crippen LogP contribution in [0.15, 0.2) is 10.7 Å². The molecule has 0 bridgehead atoms. The van der Waals surface area contributed by atoms with Gasteiger partial charge in [0.25, 0.3) is 0 Å². The first-order chi connectivity index (χ1) is 5.99. The fourth-order valence-corrected chi connectivity index (χ4v) is 4.29. The number of allylic oxidation sites excluding steroid dienone is 1. The van der Waals surface area contributed by atoms with Crippen LogP contribution in [0, 0.1) is 5.41 Å². The second-order valence-electron chi connectivity index (χ2n) is 4.29. The summed E-state index contributed by atoms with van der Waals surface area (Å²) in [6.07, 6.45) is 0.871. The van der Waals surface area contributed by atoms with Gasteiger partial charge in [0, 0.05) is 5.41 Å². The fraction of sp³-hybridized carbons (Fsp3) is 0.667. The SMILES string of the molecule is CC1(C)COC2=C(C1)C(=O)C[S+]2Br. The van der Waals surface area contributed by atoms with E-state index in [0.29, 0.717) is 5.75 Å². The van der Waals surface area contributed by atoms with Gasteiger partial charge in [0.2, 0.25) is 20.6 Å². The topological polar surface area (TPSA) is 26.3 Å². The Hall–Kier alpha value is 0.0400. The maximum atomic E-state index is 11.5. The summed E-state index contributed by atoms with van der Waals surface area (Å²) in [6, 6.07) is 0. The second kappa shape index (κ2) is 3.02. The summed E-state index contributed by atoms with van der Waals surface area (Å²) in [4.78, 5) is 11.5. The van der Waals surface area contributed by atoms with Crippen molar-refractivity contribution in [1.82, 2.24) is 0 Å². The van der Waals surface area contributed by atoms with Crippen molar-refractivity contribution in [1.29, 1.82) is 0 Å². The standard InChI is InChI=1S/C9H12BrO2S/c1-9(2)3-6-7(11)4-13(10)8(6)12-5-9/h3-5H2,1-2H3/q+1. The van der Waals surface area contributed by atoms with Gasteiger partial charge in [-0.25, -0.2) is 0 Å².